The van der Waals surface area contributed by atoms with Gasteiger partial charge in [-0.1, -0.05) is 0 Å². The van der Waals surface area contributed by atoms with Gasteiger partial charge in [-0.2, -0.15) is 9.57 Å². The van der Waals surface area contributed by atoms with Crippen molar-refractivity contribution in [3.8, 4) is 17.6 Å². The van der Waals surface area contributed by atoms with Crippen molar-refractivity contribution in [3.63, 3.8) is 0 Å². The lowest BCUT2D eigenvalue weighted by molar-refractivity contribution is -0.131. The van der Waals surface area contributed by atoms with Crippen molar-refractivity contribution in [1.82, 2.24) is 28.6 Å². The highest BCUT2D eigenvalue weighted by atomic mass is 32.2. The summed E-state index contributed by atoms with van der Waals surface area (Å²) in [5.41, 5.74) is 1.89. The Morgan fingerprint density at radius 1 is 1.18 bits per heavy atom. The number of amides is 1. The summed E-state index contributed by atoms with van der Waals surface area (Å²) in [7, 11) is -3.27. The Kier molecular flexibility index (Phi) is 7.27. The van der Waals surface area contributed by atoms with E-state index >= 15 is 0 Å². The molecule has 2 aliphatic heterocycles. The molecule has 200 valence electrons. The van der Waals surface area contributed by atoms with Crippen LogP contribution in [0.4, 0.5) is 10.2 Å². The van der Waals surface area contributed by atoms with Gasteiger partial charge in [0.05, 0.1) is 18.5 Å². The maximum atomic E-state index is 14.1. The molecule has 0 bridgehead atoms. The number of likely N-dealkylation sites (tertiary alicyclic amines) is 1. The number of imidazole rings is 1. The number of carbonyl (C=O) groups is 1. The minimum atomic E-state index is -3.27. The van der Waals surface area contributed by atoms with Crippen molar-refractivity contribution in [2.24, 2.45) is 5.92 Å². The van der Waals surface area contributed by atoms with E-state index in [2.05, 4.69) is 4.98 Å². The predicted octanol–water partition coefficient (Wildman–Crippen LogP) is 1.71. The van der Waals surface area contributed by atoms with Crippen LogP contribution in [-0.2, 0) is 21.2 Å². The fraction of sp³-hybridized carbons (Fsp3) is 0.480. The first-order valence-electron chi connectivity index (χ1n) is 12.6. The number of aromatic nitrogens is 4. The van der Waals surface area contributed by atoms with Crippen LogP contribution in [0, 0.1) is 23.1 Å². The lowest BCUT2D eigenvalue weighted by Crippen LogP contribution is -2.48. The van der Waals surface area contributed by atoms with Crippen LogP contribution in [0.1, 0.15) is 25.0 Å². The summed E-state index contributed by atoms with van der Waals surface area (Å²) in [6, 6.07) is 6.78. The average Bonchev–Trinajstić information content (AvgIpc) is 3.31. The van der Waals surface area contributed by atoms with Crippen LogP contribution >= 0.6 is 0 Å². The molecular formula is C25H29FN8O3S. The highest BCUT2D eigenvalue weighted by Gasteiger charge is 2.27. The Labute approximate surface area is 220 Å². The van der Waals surface area contributed by atoms with E-state index in [4.69, 9.17) is 15.2 Å². The number of sulfonamides is 1. The molecule has 0 aliphatic carbocycles. The minimum absolute atomic E-state index is 0.126. The highest BCUT2D eigenvalue weighted by molar-refractivity contribution is 7.88. The summed E-state index contributed by atoms with van der Waals surface area (Å²) in [6.45, 7) is 2.87. The number of nitrogens with zero attached hydrogens (tertiary/aromatic N) is 8. The lowest BCUT2D eigenvalue weighted by Gasteiger charge is -2.34. The fourth-order valence-corrected chi connectivity index (χ4v) is 5.99. The van der Waals surface area contributed by atoms with Crippen LogP contribution in [0.25, 0.3) is 17.2 Å². The first-order chi connectivity index (χ1) is 18.2. The van der Waals surface area contributed by atoms with Gasteiger partial charge in [0.1, 0.15) is 29.4 Å². The second-order valence-corrected chi connectivity index (χ2v) is 11.8. The van der Waals surface area contributed by atoms with Crippen LogP contribution in [0.3, 0.4) is 0 Å². The van der Waals surface area contributed by atoms with E-state index in [9.17, 15) is 17.6 Å². The molecule has 5 rings (SSSR count). The minimum Gasteiger partial charge on any atom is -0.354 e. The smallest absolute Gasteiger partial charge is 0.236 e. The maximum Gasteiger partial charge on any atom is 0.236 e. The molecule has 3 aromatic heterocycles. The van der Waals surface area contributed by atoms with E-state index in [0.717, 1.165) is 18.5 Å². The third-order valence-electron chi connectivity index (χ3n) is 7.10. The summed E-state index contributed by atoms with van der Waals surface area (Å²) in [5.74, 6) is 0.669. The average molecular weight is 541 g/mol. The molecule has 13 heteroatoms. The fourth-order valence-electron chi connectivity index (χ4n) is 5.17. The number of anilines is 1. The van der Waals surface area contributed by atoms with E-state index < -0.39 is 15.8 Å². The van der Waals surface area contributed by atoms with Crippen molar-refractivity contribution in [1.29, 1.82) is 5.26 Å². The van der Waals surface area contributed by atoms with Crippen LogP contribution in [0.2, 0.25) is 0 Å². The second-order valence-electron chi connectivity index (χ2n) is 9.80. The lowest BCUT2D eigenvalue weighted by atomic mass is 9.93. The third kappa shape index (κ3) is 5.61. The van der Waals surface area contributed by atoms with Crippen molar-refractivity contribution in [3.05, 3.63) is 42.1 Å². The number of carbonyl (C=O) groups excluding carboxylic acids is 1. The molecule has 0 spiro atoms. The van der Waals surface area contributed by atoms with Gasteiger partial charge in [0.25, 0.3) is 0 Å². The van der Waals surface area contributed by atoms with Gasteiger partial charge in [-0.25, -0.2) is 27.8 Å². The normalized spacial score (nSPS) is 19.0. The molecule has 0 aromatic carbocycles. The van der Waals surface area contributed by atoms with Gasteiger partial charge in [-0.05, 0) is 37.3 Å². The molecule has 2 saturated heterocycles. The molecular weight excluding hydrogens is 511 g/mol. The molecule has 2 fully saturated rings. The molecule has 38 heavy (non-hydrogen) atoms. The quantitative estimate of drug-likeness (QED) is 0.462. The number of piperidine rings is 1. The molecule has 11 nitrogen and oxygen atoms in total. The summed E-state index contributed by atoms with van der Waals surface area (Å²) in [6.07, 6.45) is 6.43. The first kappa shape index (κ1) is 26.0. The SMILES string of the molecule is CS(=O)(=O)N1CCN(c2cc(C[C@@H]3CCCN(C(=O)CC#N)C3)nc(-c3cnc4ccc(F)cn34)n2)CC1. The maximum absolute atomic E-state index is 14.1. The number of hydrogen-bond donors (Lipinski definition) is 0. The number of halogens is 1. The molecule has 0 saturated carbocycles. The van der Waals surface area contributed by atoms with E-state index in [1.54, 1.807) is 21.6 Å². The van der Waals surface area contributed by atoms with Crippen LogP contribution in [0.5, 0.6) is 0 Å². The van der Waals surface area contributed by atoms with Gasteiger partial charge in [-0.15, -0.1) is 0 Å². The van der Waals surface area contributed by atoms with Crippen molar-refractivity contribution in [2.75, 3.05) is 50.4 Å². The van der Waals surface area contributed by atoms with Gasteiger partial charge >= 0.3 is 0 Å². The predicted molar refractivity (Wildman–Crippen MR) is 138 cm³/mol. The number of piperazine rings is 1. The van der Waals surface area contributed by atoms with Gasteiger partial charge in [0, 0.05) is 57.2 Å². The topological polar surface area (TPSA) is 128 Å². The zero-order valence-electron chi connectivity index (χ0n) is 21.1. The molecule has 0 unspecified atom stereocenters. The summed E-state index contributed by atoms with van der Waals surface area (Å²) in [4.78, 5) is 30.1. The molecule has 1 amide bonds. The molecule has 5 heterocycles. The first-order valence-corrected chi connectivity index (χ1v) is 14.4. The van der Waals surface area contributed by atoms with E-state index in [1.165, 1.54) is 22.8 Å². The van der Waals surface area contributed by atoms with E-state index in [-0.39, 0.29) is 18.2 Å². The van der Waals surface area contributed by atoms with E-state index in [0.29, 0.717) is 68.7 Å². The number of rotatable bonds is 6. The van der Waals surface area contributed by atoms with Crippen LogP contribution in [-0.4, -0.2) is 88.4 Å². The summed E-state index contributed by atoms with van der Waals surface area (Å²) < 4.78 is 41.1. The zero-order chi connectivity index (χ0) is 26.9. The summed E-state index contributed by atoms with van der Waals surface area (Å²) in [5, 5.41) is 8.91. The third-order valence-corrected chi connectivity index (χ3v) is 8.40. The summed E-state index contributed by atoms with van der Waals surface area (Å²) >= 11 is 0. The van der Waals surface area contributed by atoms with Crippen molar-refractivity contribution >= 4 is 27.4 Å². The molecule has 1 atom stereocenters. The van der Waals surface area contributed by atoms with Crippen molar-refractivity contribution in [2.45, 2.75) is 25.7 Å². The second kappa shape index (κ2) is 10.6. The van der Waals surface area contributed by atoms with E-state index in [1.807, 2.05) is 17.0 Å². The number of pyridine rings is 1. The Bertz CT molecular complexity index is 1490. The standard InChI is InChI=1S/C25H29FN8O3S/c1-38(36,37)33-11-9-31(10-12-33)23-14-20(13-18-3-2-8-32(16-18)24(35)6-7-27)29-25(30-23)21-15-28-22-5-4-19(26)17-34(21)22/h4-5,14-15,17-18H,2-3,6,8-13,16H2,1H3/t18-/m0/s1. The zero-order valence-corrected chi connectivity index (χ0v) is 21.9. The Balaban J connectivity index is 1.46. The molecule has 3 aromatic rings. The highest BCUT2D eigenvalue weighted by Crippen LogP contribution is 2.26. The van der Waals surface area contributed by atoms with Crippen molar-refractivity contribution < 1.29 is 17.6 Å². The number of hydrogen-bond acceptors (Lipinski definition) is 8. The van der Waals surface area contributed by atoms with Gasteiger partial charge < -0.3 is 9.80 Å². The Morgan fingerprint density at radius 2 is 1.97 bits per heavy atom. The van der Waals surface area contributed by atoms with Gasteiger partial charge in [0.15, 0.2) is 5.82 Å². The number of nitriles is 1. The molecule has 2 aliphatic rings. The van der Waals surface area contributed by atoms with Gasteiger partial charge in [0.2, 0.25) is 15.9 Å². The number of fused-ring (bicyclic) bond motifs is 1. The molecule has 0 N–H and O–H groups in total. The largest absolute Gasteiger partial charge is 0.354 e. The van der Waals surface area contributed by atoms with Crippen LogP contribution < -0.4 is 4.90 Å². The molecule has 0 radical (unpaired) electrons. The van der Waals surface area contributed by atoms with Gasteiger partial charge in [-0.3, -0.25) is 9.20 Å². The Hall–Kier alpha value is -3.63. The van der Waals surface area contributed by atoms with Crippen LogP contribution in [0.15, 0.2) is 30.6 Å². The monoisotopic (exact) mass is 540 g/mol. The Morgan fingerprint density at radius 3 is 2.71 bits per heavy atom.